The maximum absolute atomic E-state index is 12.9. The number of nitrogens with one attached hydrogen (secondary N) is 1. The van der Waals surface area contributed by atoms with Gasteiger partial charge in [-0.15, -0.1) is 0 Å². The minimum atomic E-state index is 0.231. The van der Waals surface area contributed by atoms with Crippen molar-refractivity contribution in [3.63, 3.8) is 0 Å². The minimum Gasteiger partial charge on any atom is -0.358 e. The number of aromatic nitrogens is 2. The molecule has 3 aromatic heterocycles. The van der Waals surface area contributed by atoms with Crippen molar-refractivity contribution in [1.29, 1.82) is 0 Å². The lowest BCUT2D eigenvalue weighted by Gasteiger charge is -2.33. The minimum absolute atomic E-state index is 0.231. The summed E-state index contributed by atoms with van der Waals surface area (Å²) in [7, 11) is 0. The first kappa shape index (κ1) is 18.1. The lowest BCUT2D eigenvalue weighted by Crippen LogP contribution is -2.40. The number of nitrogens with zero attached hydrogens (tertiary/aromatic N) is 2. The summed E-state index contributed by atoms with van der Waals surface area (Å²) in [5.41, 5.74) is 5.93. The Morgan fingerprint density at radius 3 is 2.86 bits per heavy atom. The molecule has 4 aromatic rings. The molecule has 0 unspecified atom stereocenters. The Morgan fingerprint density at radius 1 is 1.17 bits per heavy atom. The van der Waals surface area contributed by atoms with E-state index in [1.165, 1.54) is 22.2 Å². The number of benzene rings is 1. The van der Waals surface area contributed by atoms with Crippen LogP contribution in [0.4, 0.5) is 0 Å². The van der Waals surface area contributed by atoms with Crippen LogP contribution in [0.5, 0.6) is 0 Å². The summed E-state index contributed by atoms with van der Waals surface area (Å²) < 4.78 is 0. The lowest BCUT2D eigenvalue weighted by atomic mass is 9.89. The number of piperidine rings is 1. The van der Waals surface area contributed by atoms with E-state index in [0.29, 0.717) is 12.3 Å². The Bertz CT molecular complexity index is 1120. The molecule has 0 radical (unpaired) electrons. The van der Waals surface area contributed by atoms with Gasteiger partial charge in [0.1, 0.15) is 0 Å². The first-order valence-corrected chi connectivity index (χ1v) is 11.0. The van der Waals surface area contributed by atoms with Crippen molar-refractivity contribution in [2.45, 2.75) is 25.2 Å². The molecule has 4 heterocycles. The fourth-order valence-corrected chi connectivity index (χ4v) is 5.09. The summed E-state index contributed by atoms with van der Waals surface area (Å²) in [6.45, 7) is 1.62. The number of aromatic amines is 1. The maximum Gasteiger partial charge on any atom is 0.227 e. The Balaban J connectivity index is 1.48. The quantitative estimate of drug-likeness (QED) is 0.508. The number of para-hydroxylation sites is 1. The third kappa shape index (κ3) is 3.58. The average Bonchev–Trinajstić information content (AvgIpc) is 3.42. The molecule has 29 heavy (non-hydrogen) atoms. The summed E-state index contributed by atoms with van der Waals surface area (Å²) in [5, 5.41) is 5.33. The highest BCUT2D eigenvalue weighted by Crippen LogP contribution is 2.39. The second-order valence-corrected chi connectivity index (χ2v) is 8.46. The molecule has 146 valence electrons. The van der Waals surface area contributed by atoms with Gasteiger partial charge in [-0.05, 0) is 59.0 Å². The Hall–Kier alpha value is -2.92. The second kappa shape index (κ2) is 7.84. The van der Waals surface area contributed by atoms with Crippen LogP contribution in [-0.4, -0.2) is 33.9 Å². The van der Waals surface area contributed by atoms with Crippen molar-refractivity contribution in [3.05, 3.63) is 76.9 Å². The van der Waals surface area contributed by atoms with E-state index in [4.69, 9.17) is 0 Å². The van der Waals surface area contributed by atoms with E-state index in [9.17, 15) is 4.79 Å². The van der Waals surface area contributed by atoms with Gasteiger partial charge in [-0.3, -0.25) is 9.78 Å². The molecule has 1 aliphatic rings. The number of carbonyl (C=O) groups excluding carboxylic acids is 1. The topological polar surface area (TPSA) is 49.0 Å². The number of carbonyl (C=O) groups is 1. The molecule has 0 bridgehead atoms. The smallest absolute Gasteiger partial charge is 0.227 e. The number of hydrogen-bond donors (Lipinski definition) is 1. The number of rotatable bonds is 4. The maximum atomic E-state index is 12.9. The van der Waals surface area contributed by atoms with Gasteiger partial charge in [0.05, 0.1) is 6.42 Å². The van der Waals surface area contributed by atoms with Gasteiger partial charge in [-0.1, -0.05) is 18.2 Å². The van der Waals surface area contributed by atoms with Crippen LogP contribution < -0.4 is 0 Å². The van der Waals surface area contributed by atoms with E-state index in [1.807, 2.05) is 28.7 Å². The standard InChI is InChI=1S/C24H23N3OS/c28-22(14-17-9-13-29-16-17)27-12-3-4-19(15-27)24-23(18-7-10-25-11-8-18)20-5-1-2-6-21(20)26-24/h1-2,5-11,13,16,19,26H,3-4,12,14-15H2/t19-/m0/s1. The molecule has 0 saturated carbocycles. The van der Waals surface area contributed by atoms with Crippen molar-refractivity contribution in [3.8, 4) is 11.1 Å². The third-order valence-corrected chi connectivity index (χ3v) is 6.55. The van der Waals surface area contributed by atoms with Crippen molar-refractivity contribution in [2.24, 2.45) is 0 Å². The van der Waals surface area contributed by atoms with Crippen molar-refractivity contribution in [2.75, 3.05) is 13.1 Å². The first-order valence-electron chi connectivity index (χ1n) is 10.1. The normalized spacial score (nSPS) is 17.0. The van der Waals surface area contributed by atoms with E-state index < -0.39 is 0 Å². The average molecular weight is 402 g/mol. The Labute approximate surface area is 174 Å². The van der Waals surface area contributed by atoms with Crippen LogP contribution in [0, 0.1) is 0 Å². The van der Waals surface area contributed by atoms with Gasteiger partial charge < -0.3 is 9.88 Å². The van der Waals surface area contributed by atoms with E-state index in [0.717, 1.165) is 37.0 Å². The highest BCUT2D eigenvalue weighted by atomic mass is 32.1. The first-order chi connectivity index (χ1) is 14.3. The van der Waals surface area contributed by atoms with Gasteiger partial charge in [0.2, 0.25) is 5.91 Å². The summed E-state index contributed by atoms with van der Waals surface area (Å²) in [6, 6.07) is 14.6. The molecule has 4 nitrogen and oxygen atoms in total. The number of likely N-dealkylation sites (tertiary alicyclic amines) is 1. The number of thiophene rings is 1. The summed E-state index contributed by atoms with van der Waals surface area (Å²) >= 11 is 1.65. The van der Waals surface area contributed by atoms with Gasteiger partial charge in [0.15, 0.2) is 0 Å². The van der Waals surface area contributed by atoms with Crippen LogP contribution >= 0.6 is 11.3 Å². The Morgan fingerprint density at radius 2 is 2.03 bits per heavy atom. The predicted molar refractivity (Wildman–Crippen MR) is 118 cm³/mol. The summed E-state index contributed by atoms with van der Waals surface area (Å²) in [6.07, 6.45) is 6.31. The zero-order valence-electron chi connectivity index (χ0n) is 16.2. The van der Waals surface area contributed by atoms with E-state index in [1.54, 1.807) is 11.3 Å². The molecule has 1 N–H and O–H groups in total. The summed E-state index contributed by atoms with van der Waals surface area (Å²) in [4.78, 5) is 22.8. The molecule has 1 atom stereocenters. The van der Waals surface area contributed by atoms with Crippen molar-refractivity contribution < 1.29 is 4.79 Å². The van der Waals surface area contributed by atoms with Crippen LogP contribution in [0.15, 0.2) is 65.6 Å². The van der Waals surface area contributed by atoms with Crippen LogP contribution in [0.1, 0.15) is 30.0 Å². The number of amides is 1. The number of hydrogen-bond acceptors (Lipinski definition) is 3. The van der Waals surface area contributed by atoms with Crippen LogP contribution in [0.25, 0.3) is 22.0 Å². The largest absolute Gasteiger partial charge is 0.358 e. The molecular formula is C24H23N3OS. The second-order valence-electron chi connectivity index (χ2n) is 7.68. The zero-order chi connectivity index (χ0) is 19.6. The van der Waals surface area contributed by atoms with Crippen LogP contribution in [0.2, 0.25) is 0 Å². The van der Waals surface area contributed by atoms with Gasteiger partial charge in [-0.2, -0.15) is 11.3 Å². The van der Waals surface area contributed by atoms with Crippen LogP contribution in [0.3, 0.4) is 0 Å². The fourth-order valence-electron chi connectivity index (χ4n) is 4.42. The van der Waals surface area contributed by atoms with Gasteiger partial charge in [0.25, 0.3) is 0 Å². The predicted octanol–water partition coefficient (Wildman–Crippen LogP) is 5.24. The molecule has 5 rings (SSSR count). The van der Waals surface area contributed by atoms with Gasteiger partial charge in [-0.25, -0.2) is 0 Å². The molecule has 1 fully saturated rings. The zero-order valence-corrected chi connectivity index (χ0v) is 17.0. The SMILES string of the molecule is O=C(Cc1ccsc1)N1CCC[C@H](c2[nH]c3ccccc3c2-c2ccncc2)C1. The Kier molecular flexibility index (Phi) is 4.90. The van der Waals surface area contributed by atoms with Crippen molar-refractivity contribution in [1.82, 2.24) is 14.9 Å². The monoisotopic (exact) mass is 401 g/mol. The number of fused-ring (bicyclic) bond motifs is 1. The fraction of sp³-hybridized carbons (Fsp3) is 0.250. The molecule has 1 saturated heterocycles. The molecule has 1 aromatic carbocycles. The molecule has 1 amide bonds. The highest BCUT2D eigenvalue weighted by molar-refractivity contribution is 7.08. The van der Waals surface area contributed by atoms with Crippen LogP contribution in [-0.2, 0) is 11.2 Å². The van der Waals surface area contributed by atoms with E-state index >= 15 is 0 Å². The lowest BCUT2D eigenvalue weighted by molar-refractivity contribution is -0.131. The molecule has 0 aliphatic carbocycles. The van der Waals surface area contributed by atoms with Gasteiger partial charge in [0, 0.05) is 53.6 Å². The molecule has 1 aliphatic heterocycles. The van der Waals surface area contributed by atoms with Gasteiger partial charge >= 0.3 is 0 Å². The highest BCUT2D eigenvalue weighted by Gasteiger charge is 2.28. The molecule has 0 spiro atoms. The molecule has 5 heteroatoms. The van der Waals surface area contributed by atoms with E-state index in [2.05, 4.69) is 51.7 Å². The van der Waals surface area contributed by atoms with Crippen molar-refractivity contribution >= 4 is 28.1 Å². The molecular weight excluding hydrogens is 378 g/mol. The third-order valence-electron chi connectivity index (χ3n) is 5.82. The van der Waals surface area contributed by atoms with E-state index in [-0.39, 0.29) is 5.91 Å². The summed E-state index contributed by atoms with van der Waals surface area (Å²) in [5.74, 6) is 0.542. The number of pyridine rings is 1. The number of H-pyrrole nitrogens is 1.